The average molecular weight is 483 g/mol. The Balaban J connectivity index is 1.95. The number of hydrogen-bond donors (Lipinski definition) is 0. The second-order valence-electron chi connectivity index (χ2n) is 10.4. The number of hydrogen-bond acceptors (Lipinski definition) is 0. The molecule has 162 valence electrons. The Labute approximate surface area is 200 Å². The van der Waals surface area contributed by atoms with Crippen LogP contribution < -0.4 is 0 Å². The number of rotatable bonds is 2. The highest BCUT2D eigenvalue weighted by atomic mass is 79.9. The first-order chi connectivity index (χ1) is 15.2. The molecule has 0 aliphatic heterocycles. The molecule has 0 spiro atoms. The van der Waals surface area contributed by atoms with Gasteiger partial charge in [0, 0.05) is 4.48 Å². The molecular weight excluding hydrogens is 452 g/mol. The molecule has 0 radical (unpaired) electrons. The van der Waals surface area contributed by atoms with Crippen LogP contribution in [0.1, 0.15) is 56.9 Å². The maximum absolute atomic E-state index is 4.22. The molecule has 5 rings (SSSR count). The third kappa shape index (κ3) is 2.87. The molecule has 3 aromatic carbocycles. The van der Waals surface area contributed by atoms with E-state index in [0.717, 1.165) is 0 Å². The predicted molar refractivity (Wildman–Crippen MR) is 145 cm³/mol. The van der Waals surface area contributed by atoms with Gasteiger partial charge < -0.3 is 0 Å². The van der Waals surface area contributed by atoms with E-state index in [-0.39, 0.29) is 10.8 Å². The van der Waals surface area contributed by atoms with Gasteiger partial charge in [-0.25, -0.2) is 0 Å². The molecule has 3 aromatic rings. The molecule has 0 heterocycles. The van der Waals surface area contributed by atoms with Crippen LogP contribution in [0.15, 0.2) is 71.8 Å². The zero-order valence-electron chi connectivity index (χ0n) is 19.7. The standard InChI is InChI=1S/C31H31Br/c1-7-11-21-20(8-2)24-17-28-29(18-25(24)23-13-10-9-12-22(21)23)31(5,6)27-16-19(32)14-15-26(27)30(28,3)4/h7-18,26-27H,2H2,1,3-6H3/b11-7-. The Kier molecular flexibility index (Phi) is 4.91. The lowest BCUT2D eigenvalue weighted by molar-refractivity contribution is 0.190. The summed E-state index contributed by atoms with van der Waals surface area (Å²) in [5.74, 6) is 0.917. The maximum atomic E-state index is 4.22. The Morgan fingerprint density at radius 3 is 2.12 bits per heavy atom. The van der Waals surface area contributed by atoms with Crippen molar-refractivity contribution in [2.75, 3.05) is 0 Å². The number of benzene rings is 3. The van der Waals surface area contributed by atoms with Gasteiger partial charge in [-0.15, -0.1) is 0 Å². The number of halogens is 1. The van der Waals surface area contributed by atoms with E-state index in [9.17, 15) is 0 Å². The van der Waals surface area contributed by atoms with Crippen LogP contribution in [0, 0.1) is 11.8 Å². The summed E-state index contributed by atoms with van der Waals surface area (Å²) in [6.07, 6.45) is 13.5. The molecule has 1 heteroatoms. The Hall–Kier alpha value is -2.38. The van der Waals surface area contributed by atoms with Gasteiger partial charge in [0.05, 0.1) is 0 Å². The highest BCUT2D eigenvalue weighted by Crippen LogP contribution is 2.56. The highest BCUT2D eigenvalue weighted by molar-refractivity contribution is 9.11. The fourth-order valence-electron chi connectivity index (χ4n) is 6.27. The molecule has 0 saturated heterocycles. The van der Waals surface area contributed by atoms with E-state index in [4.69, 9.17) is 0 Å². The fraction of sp³-hybridized carbons (Fsp3) is 0.290. The molecule has 0 aromatic heterocycles. The van der Waals surface area contributed by atoms with Crippen molar-refractivity contribution in [1.29, 1.82) is 0 Å². The van der Waals surface area contributed by atoms with Crippen LogP contribution >= 0.6 is 15.9 Å². The van der Waals surface area contributed by atoms with Gasteiger partial charge in [-0.1, -0.05) is 111 Å². The first kappa shape index (κ1) is 21.5. The van der Waals surface area contributed by atoms with Crippen LogP contribution in [0.3, 0.4) is 0 Å². The van der Waals surface area contributed by atoms with Crippen molar-refractivity contribution in [3.8, 4) is 0 Å². The monoisotopic (exact) mass is 482 g/mol. The van der Waals surface area contributed by atoms with Gasteiger partial charge in [-0.3, -0.25) is 0 Å². The summed E-state index contributed by atoms with van der Waals surface area (Å²) in [4.78, 5) is 0. The summed E-state index contributed by atoms with van der Waals surface area (Å²) in [6, 6.07) is 13.8. The summed E-state index contributed by atoms with van der Waals surface area (Å²) >= 11 is 3.75. The molecule has 2 atom stereocenters. The van der Waals surface area contributed by atoms with Crippen LogP contribution in [0.25, 0.3) is 33.7 Å². The maximum Gasteiger partial charge on any atom is 0.0135 e. The molecule has 0 N–H and O–H groups in total. The van der Waals surface area contributed by atoms with E-state index in [1.165, 1.54) is 48.3 Å². The van der Waals surface area contributed by atoms with Gasteiger partial charge in [0.1, 0.15) is 0 Å². The molecule has 2 aliphatic carbocycles. The lowest BCUT2D eigenvalue weighted by Gasteiger charge is -2.53. The van der Waals surface area contributed by atoms with Crippen LogP contribution in [0.4, 0.5) is 0 Å². The Morgan fingerprint density at radius 2 is 1.47 bits per heavy atom. The van der Waals surface area contributed by atoms with E-state index in [0.29, 0.717) is 11.8 Å². The van der Waals surface area contributed by atoms with Crippen molar-refractivity contribution in [3.05, 3.63) is 94.0 Å². The van der Waals surface area contributed by atoms with Gasteiger partial charge in [0.2, 0.25) is 0 Å². The quantitative estimate of drug-likeness (QED) is 0.319. The molecule has 32 heavy (non-hydrogen) atoms. The van der Waals surface area contributed by atoms with Crippen molar-refractivity contribution in [3.63, 3.8) is 0 Å². The molecule has 0 saturated carbocycles. The van der Waals surface area contributed by atoms with Crippen molar-refractivity contribution in [2.45, 2.75) is 45.4 Å². The Bertz CT molecular complexity index is 1360. The summed E-state index contributed by atoms with van der Waals surface area (Å²) in [7, 11) is 0. The minimum absolute atomic E-state index is 0.0327. The lowest BCUT2D eigenvalue weighted by atomic mass is 9.51. The zero-order valence-corrected chi connectivity index (χ0v) is 21.3. The number of allylic oxidation sites excluding steroid dienone is 5. The van der Waals surface area contributed by atoms with E-state index in [2.05, 4.69) is 124 Å². The minimum atomic E-state index is 0.0327. The first-order valence-electron chi connectivity index (χ1n) is 11.6. The van der Waals surface area contributed by atoms with Crippen molar-refractivity contribution >= 4 is 49.6 Å². The van der Waals surface area contributed by atoms with Crippen molar-refractivity contribution in [1.82, 2.24) is 0 Å². The fourth-order valence-corrected chi connectivity index (χ4v) is 6.71. The minimum Gasteiger partial charge on any atom is -0.0984 e. The van der Waals surface area contributed by atoms with Gasteiger partial charge in [-0.2, -0.15) is 0 Å². The molecule has 0 fully saturated rings. The Morgan fingerprint density at radius 1 is 0.844 bits per heavy atom. The lowest BCUT2D eigenvalue weighted by Crippen LogP contribution is -2.48. The van der Waals surface area contributed by atoms with E-state index in [1.54, 1.807) is 0 Å². The van der Waals surface area contributed by atoms with Crippen molar-refractivity contribution in [2.24, 2.45) is 11.8 Å². The van der Waals surface area contributed by atoms with Gasteiger partial charge in [-0.05, 0) is 85.5 Å². The third-order valence-electron chi connectivity index (χ3n) is 8.03. The second kappa shape index (κ2) is 7.32. The molecule has 0 amide bonds. The second-order valence-corrected chi connectivity index (χ2v) is 11.3. The molecular formula is C31H31Br. The van der Waals surface area contributed by atoms with E-state index >= 15 is 0 Å². The van der Waals surface area contributed by atoms with E-state index in [1.807, 2.05) is 6.08 Å². The molecule has 2 unspecified atom stereocenters. The normalized spacial score (nSPS) is 23.2. The topological polar surface area (TPSA) is 0 Å². The SMILES string of the molecule is C=Cc1c(/C=C\C)c2ccccc2c2cc3c(cc12)C(C)(C)C1C=CC(Br)=CC1C3(C)C. The first-order valence-corrected chi connectivity index (χ1v) is 12.3. The molecule has 0 nitrogen and oxygen atoms in total. The van der Waals surface area contributed by atoms with Gasteiger partial charge in [0.25, 0.3) is 0 Å². The predicted octanol–water partition coefficient (Wildman–Crippen LogP) is 9.32. The smallest absolute Gasteiger partial charge is 0.0135 e. The van der Waals surface area contributed by atoms with Crippen LogP contribution in [-0.4, -0.2) is 0 Å². The van der Waals surface area contributed by atoms with Crippen LogP contribution in [0.2, 0.25) is 0 Å². The van der Waals surface area contributed by atoms with Gasteiger partial charge in [0.15, 0.2) is 0 Å². The van der Waals surface area contributed by atoms with Crippen molar-refractivity contribution < 1.29 is 0 Å². The highest BCUT2D eigenvalue weighted by Gasteiger charge is 2.50. The van der Waals surface area contributed by atoms with E-state index < -0.39 is 0 Å². The van der Waals surface area contributed by atoms with Crippen LogP contribution in [-0.2, 0) is 10.8 Å². The summed E-state index contributed by atoms with van der Waals surface area (Å²) in [5, 5.41) is 5.26. The summed E-state index contributed by atoms with van der Waals surface area (Å²) < 4.78 is 1.20. The summed E-state index contributed by atoms with van der Waals surface area (Å²) in [5.41, 5.74) is 5.51. The average Bonchev–Trinajstić information content (AvgIpc) is 2.77. The third-order valence-corrected chi connectivity index (χ3v) is 8.56. The molecule has 0 bridgehead atoms. The molecule has 2 aliphatic rings. The largest absolute Gasteiger partial charge is 0.0984 e. The summed E-state index contributed by atoms with van der Waals surface area (Å²) in [6.45, 7) is 16.0. The van der Waals surface area contributed by atoms with Crippen LogP contribution in [0.5, 0.6) is 0 Å². The number of fused-ring (bicyclic) bond motifs is 5. The zero-order chi connectivity index (χ0) is 22.8. The van der Waals surface area contributed by atoms with Gasteiger partial charge >= 0.3 is 0 Å².